The van der Waals surface area contributed by atoms with Crippen LogP contribution in [0.4, 0.5) is 0 Å². The van der Waals surface area contributed by atoms with Crippen molar-refractivity contribution in [3.8, 4) is 6.01 Å². The largest absolute Gasteiger partial charge is 0.478 e. The minimum atomic E-state index is -0.551. The van der Waals surface area contributed by atoms with Gasteiger partial charge < -0.3 is 14.0 Å². The fourth-order valence-corrected chi connectivity index (χ4v) is 2.25. The maximum absolute atomic E-state index is 12.3. The molecule has 0 atom stereocenters. The average Bonchev–Trinajstić information content (AvgIpc) is 2.52. The van der Waals surface area contributed by atoms with E-state index in [-0.39, 0.29) is 23.0 Å². The third kappa shape index (κ3) is 4.37. The Kier molecular flexibility index (Phi) is 6.00. The molecule has 0 fully saturated rings. The molecule has 0 aliphatic carbocycles. The van der Waals surface area contributed by atoms with Crippen LogP contribution in [0.25, 0.3) is 11.1 Å². The predicted octanol–water partition coefficient (Wildman–Crippen LogP) is 2.00. The maximum atomic E-state index is 12.3. The third-order valence-corrected chi connectivity index (χ3v) is 3.30. The van der Waals surface area contributed by atoms with E-state index < -0.39 is 11.2 Å². The minimum Gasteiger partial charge on any atom is -0.478 e. The number of aromatic nitrogens is 2. The lowest BCUT2D eigenvalue weighted by Gasteiger charge is -2.10. The molecule has 0 saturated carbocycles. The molecule has 2 N–H and O–H groups in total. The molecule has 0 bridgehead atoms. The van der Waals surface area contributed by atoms with Crippen LogP contribution in [0.5, 0.6) is 6.01 Å². The Bertz CT molecular complexity index is 825. The Hall–Kier alpha value is -2.77. The van der Waals surface area contributed by atoms with Gasteiger partial charge in [0.05, 0.1) is 6.61 Å². The van der Waals surface area contributed by atoms with Crippen LogP contribution >= 0.6 is 0 Å². The number of aromatic amines is 1. The average molecular weight is 335 g/mol. The SMILES string of the molecule is C=C(NOc1nc2oc(=O)cc(CCCCC)c2c(=O)[nH]1)OCC. The fraction of sp³-hybridized carbons (Fsp3) is 0.438. The summed E-state index contributed by atoms with van der Waals surface area (Å²) in [5.41, 5.74) is 1.97. The van der Waals surface area contributed by atoms with Gasteiger partial charge in [-0.15, -0.1) is 0 Å². The molecule has 0 saturated heterocycles. The number of H-pyrrole nitrogens is 1. The van der Waals surface area contributed by atoms with Crippen molar-refractivity contribution in [2.75, 3.05) is 6.61 Å². The van der Waals surface area contributed by atoms with E-state index in [1.165, 1.54) is 6.07 Å². The lowest BCUT2D eigenvalue weighted by atomic mass is 10.1. The van der Waals surface area contributed by atoms with Gasteiger partial charge in [-0.2, -0.15) is 10.5 Å². The summed E-state index contributed by atoms with van der Waals surface area (Å²) in [5.74, 6) is 0.162. The molecular weight excluding hydrogens is 314 g/mol. The van der Waals surface area contributed by atoms with Gasteiger partial charge in [0.2, 0.25) is 11.6 Å². The number of ether oxygens (including phenoxy) is 1. The molecule has 0 aliphatic heterocycles. The second-order valence-corrected chi connectivity index (χ2v) is 5.16. The topological polar surface area (TPSA) is 106 Å². The van der Waals surface area contributed by atoms with E-state index in [9.17, 15) is 9.59 Å². The number of fused-ring (bicyclic) bond motifs is 1. The quantitative estimate of drug-likeness (QED) is 0.410. The van der Waals surface area contributed by atoms with Gasteiger partial charge >= 0.3 is 11.6 Å². The molecule has 0 spiro atoms. The number of hydroxylamine groups is 1. The summed E-state index contributed by atoms with van der Waals surface area (Å²) in [5, 5.41) is 0.265. The maximum Gasteiger partial charge on any atom is 0.337 e. The number of nitrogens with zero attached hydrogens (tertiary/aromatic N) is 1. The van der Waals surface area contributed by atoms with Crippen LogP contribution < -0.4 is 21.5 Å². The van der Waals surface area contributed by atoms with Crippen LogP contribution in [-0.4, -0.2) is 16.6 Å². The van der Waals surface area contributed by atoms with Crippen LogP contribution in [0, 0.1) is 0 Å². The van der Waals surface area contributed by atoms with Crippen molar-refractivity contribution >= 4 is 11.1 Å². The monoisotopic (exact) mass is 335 g/mol. The molecule has 0 aromatic carbocycles. The van der Waals surface area contributed by atoms with Gasteiger partial charge in [0, 0.05) is 6.07 Å². The molecule has 130 valence electrons. The van der Waals surface area contributed by atoms with Gasteiger partial charge in [-0.1, -0.05) is 19.8 Å². The first-order chi connectivity index (χ1) is 11.5. The number of nitrogens with one attached hydrogen (secondary N) is 2. The summed E-state index contributed by atoms with van der Waals surface area (Å²) in [4.78, 5) is 35.6. The molecule has 24 heavy (non-hydrogen) atoms. The molecule has 0 radical (unpaired) electrons. The number of rotatable bonds is 9. The van der Waals surface area contributed by atoms with E-state index in [0.29, 0.717) is 18.6 Å². The molecule has 2 aromatic heterocycles. The molecule has 0 unspecified atom stereocenters. The van der Waals surface area contributed by atoms with E-state index in [1.807, 2.05) is 0 Å². The van der Waals surface area contributed by atoms with E-state index in [4.69, 9.17) is 14.0 Å². The Morgan fingerprint density at radius 2 is 2.17 bits per heavy atom. The molecule has 0 aliphatic rings. The lowest BCUT2D eigenvalue weighted by Crippen LogP contribution is -2.23. The third-order valence-electron chi connectivity index (χ3n) is 3.30. The summed E-state index contributed by atoms with van der Waals surface area (Å²) < 4.78 is 10.1. The Balaban J connectivity index is 2.31. The minimum absolute atomic E-state index is 0.0587. The van der Waals surface area contributed by atoms with Crippen molar-refractivity contribution in [3.63, 3.8) is 0 Å². The van der Waals surface area contributed by atoms with Crippen molar-refractivity contribution in [1.29, 1.82) is 0 Å². The fourth-order valence-electron chi connectivity index (χ4n) is 2.25. The standard InChI is InChI=1S/C16H21N3O5/c1-4-6-7-8-11-9-12(20)23-15-13(11)14(21)17-16(18-15)24-19-10(3)22-5-2/h9,19H,3-8H2,1-2H3,(H,17,18,21). The van der Waals surface area contributed by atoms with Gasteiger partial charge in [-0.05, 0) is 31.9 Å². The summed E-state index contributed by atoms with van der Waals surface area (Å²) >= 11 is 0. The molecule has 8 nitrogen and oxygen atoms in total. The zero-order valence-electron chi connectivity index (χ0n) is 13.8. The van der Waals surface area contributed by atoms with Gasteiger partial charge in [-0.3, -0.25) is 9.78 Å². The second kappa shape index (κ2) is 8.19. The first-order valence-electron chi connectivity index (χ1n) is 7.86. The van der Waals surface area contributed by atoms with Gasteiger partial charge in [0.1, 0.15) is 5.39 Å². The first-order valence-corrected chi connectivity index (χ1v) is 7.86. The van der Waals surface area contributed by atoms with Crippen LogP contribution in [-0.2, 0) is 11.2 Å². The second-order valence-electron chi connectivity index (χ2n) is 5.16. The summed E-state index contributed by atoms with van der Waals surface area (Å²) in [7, 11) is 0. The van der Waals surface area contributed by atoms with Crippen molar-refractivity contribution in [2.45, 2.75) is 39.5 Å². The summed E-state index contributed by atoms with van der Waals surface area (Å²) in [6.45, 7) is 7.84. The highest BCUT2D eigenvalue weighted by Gasteiger charge is 2.13. The molecule has 2 heterocycles. The highest BCUT2D eigenvalue weighted by molar-refractivity contribution is 5.75. The summed E-state index contributed by atoms with van der Waals surface area (Å²) in [6, 6.07) is 1.19. The van der Waals surface area contributed by atoms with E-state index in [1.54, 1.807) is 6.92 Å². The van der Waals surface area contributed by atoms with Gasteiger partial charge in [0.15, 0.2) is 0 Å². The normalized spacial score (nSPS) is 10.6. The zero-order valence-corrected chi connectivity index (χ0v) is 13.8. The molecule has 0 amide bonds. The number of aryl methyl sites for hydroxylation is 1. The first kappa shape index (κ1) is 17.6. The highest BCUT2D eigenvalue weighted by Crippen LogP contribution is 2.15. The van der Waals surface area contributed by atoms with Crippen LogP contribution in [0.3, 0.4) is 0 Å². The van der Waals surface area contributed by atoms with Gasteiger partial charge in [0.25, 0.3) is 5.56 Å². The van der Waals surface area contributed by atoms with Gasteiger partial charge in [-0.25, -0.2) is 4.79 Å². The van der Waals surface area contributed by atoms with Crippen molar-refractivity contribution in [3.05, 3.63) is 44.9 Å². The van der Waals surface area contributed by atoms with Crippen LogP contribution in [0.15, 0.2) is 32.5 Å². The summed E-state index contributed by atoms with van der Waals surface area (Å²) in [6.07, 6.45) is 3.54. The lowest BCUT2D eigenvalue weighted by molar-refractivity contribution is 0.106. The highest BCUT2D eigenvalue weighted by atomic mass is 16.7. The van der Waals surface area contributed by atoms with Crippen LogP contribution in [0.1, 0.15) is 38.7 Å². The van der Waals surface area contributed by atoms with E-state index in [0.717, 1.165) is 19.3 Å². The van der Waals surface area contributed by atoms with E-state index >= 15 is 0 Å². The Morgan fingerprint density at radius 1 is 1.38 bits per heavy atom. The predicted molar refractivity (Wildman–Crippen MR) is 88.7 cm³/mol. The number of hydrogen-bond donors (Lipinski definition) is 2. The van der Waals surface area contributed by atoms with Crippen LogP contribution in [0.2, 0.25) is 0 Å². The Labute approximate surface area is 138 Å². The number of hydrogen-bond acceptors (Lipinski definition) is 7. The van der Waals surface area contributed by atoms with Crippen molar-refractivity contribution in [1.82, 2.24) is 15.4 Å². The Morgan fingerprint density at radius 3 is 2.88 bits per heavy atom. The smallest absolute Gasteiger partial charge is 0.337 e. The van der Waals surface area contributed by atoms with Crippen molar-refractivity contribution < 1.29 is 14.0 Å². The number of unbranched alkanes of at least 4 members (excludes halogenated alkanes) is 2. The molecule has 2 aromatic rings. The zero-order chi connectivity index (χ0) is 17.5. The van der Waals surface area contributed by atoms with E-state index in [2.05, 4.69) is 29.0 Å². The molecule has 8 heteroatoms. The van der Waals surface area contributed by atoms with Crippen molar-refractivity contribution in [2.24, 2.45) is 0 Å². The molecular formula is C16H21N3O5. The molecule has 2 rings (SSSR count).